The Hall–Kier alpha value is -0.680. The number of hydrogen-bond donors (Lipinski definition) is 1. The monoisotopic (exact) mass is 249 g/mol. The molecule has 0 saturated carbocycles. The Morgan fingerprint density at radius 2 is 1.81 bits per heavy atom. The molecule has 0 atom stereocenters. The molecular weight excluding hydrogens is 235 g/mol. The van der Waals surface area contributed by atoms with Gasteiger partial charge in [0.05, 0.1) is 0 Å². The lowest BCUT2D eigenvalue weighted by Gasteiger charge is -2.07. The molecule has 0 bridgehead atoms. The van der Waals surface area contributed by atoms with E-state index in [-0.39, 0.29) is 17.5 Å². The van der Waals surface area contributed by atoms with Gasteiger partial charge in [0, 0.05) is 18.8 Å². The molecule has 5 heteroatoms. The molecule has 0 radical (unpaired) electrons. The number of thioether (sulfide) groups is 1. The van der Waals surface area contributed by atoms with Crippen LogP contribution in [-0.4, -0.2) is 17.8 Å². The molecule has 0 aliphatic carbocycles. The predicted molar refractivity (Wildman–Crippen MR) is 61.4 cm³/mol. The van der Waals surface area contributed by atoms with Gasteiger partial charge in [-0.3, -0.25) is 0 Å². The normalized spacial score (nSPS) is 11.8. The molecule has 1 aromatic rings. The summed E-state index contributed by atoms with van der Waals surface area (Å²) >= 11 is 0.00866. The Balaban J connectivity index is 2.14. The van der Waals surface area contributed by atoms with Crippen molar-refractivity contribution in [1.29, 1.82) is 0 Å². The van der Waals surface area contributed by atoms with Crippen LogP contribution < -0.4 is 5.32 Å². The van der Waals surface area contributed by atoms with Crippen LogP contribution in [0.15, 0.2) is 24.3 Å². The second-order valence-electron chi connectivity index (χ2n) is 3.46. The smallest absolute Gasteiger partial charge is 0.312 e. The first-order valence-corrected chi connectivity index (χ1v) is 5.93. The Kier molecular flexibility index (Phi) is 5.15. The molecule has 1 nitrogen and oxygen atoms in total. The molecule has 0 saturated heterocycles. The van der Waals surface area contributed by atoms with Gasteiger partial charge >= 0.3 is 5.51 Å². The highest BCUT2D eigenvalue weighted by Crippen LogP contribution is 2.29. The number of alkyl halides is 3. The van der Waals surface area contributed by atoms with Crippen molar-refractivity contribution in [3.8, 4) is 0 Å². The van der Waals surface area contributed by atoms with E-state index in [1.165, 1.54) is 5.56 Å². The van der Waals surface area contributed by atoms with Crippen LogP contribution >= 0.6 is 11.8 Å². The lowest BCUT2D eigenvalue weighted by Crippen LogP contribution is -2.18. The van der Waals surface area contributed by atoms with Gasteiger partial charge in [-0.2, -0.15) is 13.2 Å². The van der Waals surface area contributed by atoms with Gasteiger partial charge in [-0.1, -0.05) is 29.8 Å². The van der Waals surface area contributed by atoms with Gasteiger partial charge < -0.3 is 5.32 Å². The maximum atomic E-state index is 11.8. The van der Waals surface area contributed by atoms with Gasteiger partial charge in [-0.05, 0) is 24.2 Å². The highest BCUT2D eigenvalue weighted by molar-refractivity contribution is 8.00. The number of hydrogen-bond acceptors (Lipinski definition) is 2. The van der Waals surface area contributed by atoms with Crippen LogP contribution in [0, 0.1) is 6.92 Å². The summed E-state index contributed by atoms with van der Waals surface area (Å²) < 4.78 is 35.4. The van der Waals surface area contributed by atoms with E-state index in [0.717, 1.165) is 5.56 Å². The molecule has 16 heavy (non-hydrogen) atoms. The van der Waals surface area contributed by atoms with Crippen molar-refractivity contribution in [2.45, 2.75) is 19.0 Å². The molecule has 0 amide bonds. The molecule has 90 valence electrons. The van der Waals surface area contributed by atoms with Gasteiger partial charge in [-0.15, -0.1) is 0 Å². The van der Waals surface area contributed by atoms with E-state index in [2.05, 4.69) is 5.32 Å². The lowest BCUT2D eigenvalue weighted by atomic mass is 10.1. The van der Waals surface area contributed by atoms with Gasteiger partial charge in [0.15, 0.2) is 0 Å². The molecule has 0 heterocycles. The first-order valence-electron chi connectivity index (χ1n) is 4.94. The number of aryl methyl sites for hydroxylation is 1. The van der Waals surface area contributed by atoms with Crippen LogP contribution in [-0.2, 0) is 6.54 Å². The van der Waals surface area contributed by atoms with Crippen LogP contribution in [0.1, 0.15) is 11.1 Å². The second-order valence-corrected chi connectivity index (χ2v) is 4.62. The molecule has 0 spiro atoms. The molecule has 0 aliphatic heterocycles. The van der Waals surface area contributed by atoms with Crippen molar-refractivity contribution in [1.82, 2.24) is 5.32 Å². The molecule has 1 aromatic carbocycles. The Morgan fingerprint density at radius 1 is 1.19 bits per heavy atom. The topological polar surface area (TPSA) is 12.0 Å². The average Bonchev–Trinajstić information content (AvgIpc) is 2.19. The van der Waals surface area contributed by atoms with Gasteiger partial charge in [0.2, 0.25) is 0 Å². The predicted octanol–water partition coefficient (Wildman–Crippen LogP) is 3.34. The minimum absolute atomic E-state index is 0.00866. The maximum absolute atomic E-state index is 11.8. The van der Waals surface area contributed by atoms with Crippen LogP contribution in [0.3, 0.4) is 0 Å². The van der Waals surface area contributed by atoms with E-state index in [0.29, 0.717) is 13.1 Å². The molecule has 0 aliphatic rings. The third-order valence-corrected chi connectivity index (χ3v) is 2.73. The van der Waals surface area contributed by atoms with Crippen LogP contribution in [0.4, 0.5) is 13.2 Å². The minimum atomic E-state index is -4.12. The summed E-state index contributed by atoms with van der Waals surface area (Å²) in [6.07, 6.45) is 0. The first kappa shape index (κ1) is 13.4. The van der Waals surface area contributed by atoms with Crippen molar-refractivity contribution >= 4 is 11.8 Å². The fourth-order valence-electron chi connectivity index (χ4n) is 1.18. The van der Waals surface area contributed by atoms with Crippen molar-refractivity contribution in [3.05, 3.63) is 35.4 Å². The Bertz CT molecular complexity index is 308. The van der Waals surface area contributed by atoms with E-state index in [1.807, 2.05) is 31.2 Å². The highest BCUT2D eigenvalue weighted by atomic mass is 32.2. The van der Waals surface area contributed by atoms with Crippen LogP contribution in [0.25, 0.3) is 0 Å². The minimum Gasteiger partial charge on any atom is -0.312 e. The Morgan fingerprint density at radius 3 is 2.38 bits per heavy atom. The molecule has 0 unspecified atom stereocenters. The van der Waals surface area contributed by atoms with Crippen molar-refractivity contribution < 1.29 is 13.2 Å². The summed E-state index contributed by atoms with van der Waals surface area (Å²) in [4.78, 5) is 0. The summed E-state index contributed by atoms with van der Waals surface area (Å²) in [6.45, 7) is 2.97. The van der Waals surface area contributed by atoms with Gasteiger partial charge in [-0.25, -0.2) is 0 Å². The first-order chi connectivity index (χ1) is 7.47. The van der Waals surface area contributed by atoms with E-state index in [9.17, 15) is 13.2 Å². The average molecular weight is 249 g/mol. The largest absolute Gasteiger partial charge is 0.441 e. The molecular formula is C11H14F3NS. The van der Waals surface area contributed by atoms with Crippen molar-refractivity contribution in [2.75, 3.05) is 12.3 Å². The van der Waals surface area contributed by atoms with E-state index in [1.54, 1.807) is 0 Å². The number of benzene rings is 1. The Labute approximate surface area is 97.4 Å². The quantitative estimate of drug-likeness (QED) is 0.803. The van der Waals surface area contributed by atoms with E-state index < -0.39 is 5.51 Å². The second kappa shape index (κ2) is 6.15. The van der Waals surface area contributed by atoms with Crippen molar-refractivity contribution in [2.24, 2.45) is 0 Å². The van der Waals surface area contributed by atoms with Gasteiger partial charge in [0.1, 0.15) is 0 Å². The summed E-state index contributed by atoms with van der Waals surface area (Å²) in [5.41, 5.74) is -1.86. The molecule has 1 rings (SSSR count). The van der Waals surface area contributed by atoms with Crippen LogP contribution in [0.2, 0.25) is 0 Å². The summed E-state index contributed by atoms with van der Waals surface area (Å²) in [5, 5.41) is 2.97. The molecule has 1 N–H and O–H groups in total. The standard InChI is InChI=1S/C11H14F3NS/c1-9-2-4-10(5-3-9)8-15-6-7-16-11(12,13)14/h2-5,15H,6-8H2,1H3. The third kappa shape index (κ3) is 6.02. The zero-order valence-electron chi connectivity index (χ0n) is 8.97. The van der Waals surface area contributed by atoms with E-state index in [4.69, 9.17) is 0 Å². The number of halogens is 3. The summed E-state index contributed by atoms with van der Waals surface area (Å²) in [6, 6.07) is 7.92. The van der Waals surface area contributed by atoms with E-state index >= 15 is 0 Å². The highest BCUT2D eigenvalue weighted by Gasteiger charge is 2.27. The van der Waals surface area contributed by atoms with Crippen molar-refractivity contribution in [3.63, 3.8) is 0 Å². The zero-order chi connectivity index (χ0) is 12.0. The SMILES string of the molecule is Cc1ccc(CNCCSC(F)(F)F)cc1. The number of rotatable bonds is 5. The summed E-state index contributed by atoms with van der Waals surface area (Å²) in [7, 11) is 0. The fourth-order valence-corrected chi connectivity index (χ4v) is 1.66. The summed E-state index contributed by atoms with van der Waals surface area (Å²) in [5.74, 6) is 0.0510. The molecule has 0 fully saturated rings. The van der Waals surface area contributed by atoms with Gasteiger partial charge in [0.25, 0.3) is 0 Å². The maximum Gasteiger partial charge on any atom is 0.441 e. The fraction of sp³-hybridized carbons (Fsp3) is 0.455. The lowest BCUT2D eigenvalue weighted by molar-refractivity contribution is -0.0327. The number of nitrogens with one attached hydrogen (secondary N) is 1. The molecule has 0 aromatic heterocycles. The van der Waals surface area contributed by atoms with Crippen LogP contribution in [0.5, 0.6) is 0 Å². The zero-order valence-corrected chi connectivity index (χ0v) is 9.79. The third-order valence-electron chi connectivity index (χ3n) is 1.99.